The van der Waals surface area contributed by atoms with Crippen molar-refractivity contribution in [1.82, 2.24) is 9.78 Å². The fourth-order valence-electron chi connectivity index (χ4n) is 1.64. The molecule has 1 heterocycles. The van der Waals surface area contributed by atoms with Crippen molar-refractivity contribution in [1.29, 1.82) is 0 Å². The lowest BCUT2D eigenvalue weighted by Gasteiger charge is -2.15. The SMILES string of the molecule is COC(=O)C(c1ccccc1)n1cc(N)cn1. The number of ether oxygens (including phenoxy) is 1. The highest BCUT2D eigenvalue weighted by atomic mass is 16.5. The van der Waals surface area contributed by atoms with Gasteiger partial charge < -0.3 is 10.5 Å². The van der Waals surface area contributed by atoms with Crippen molar-refractivity contribution in [3.8, 4) is 0 Å². The Morgan fingerprint density at radius 1 is 1.41 bits per heavy atom. The van der Waals surface area contributed by atoms with Crippen molar-refractivity contribution >= 4 is 11.7 Å². The van der Waals surface area contributed by atoms with E-state index >= 15 is 0 Å². The molecule has 5 heteroatoms. The molecule has 0 spiro atoms. The van der Waals surface area contributed by atoms with E-state index < -0.39 is 6.04 Å². The van der Waals surface area contributed by atoms with Gasteiger partial charge in [-0.05, 0) is 5.56 Å². The zero-order valence-electron chi connectivity index (χ0n) is 9.41. The van der Waals surface area contributed by atoms with E-state index in [-0.39, 0.29) is 5.97 Å². The van der Waals surface area contributed by atoms with Crippen molar-refractivity contribution in [3.63, 3.8) is 0 Å². The van der Waals surface area contributed by atoms with Crippen LogP contribution in [0.25, 0.3) is 0 Å². The van der Waals surface area contributed by atoms with E-state index in [9.17, 15) is 4.79 Å². The highest BCUT2D eigenvalue weighted by Crippen LogP contribution is 2.19. The Balaban J connectivity index is 2.42. The number of rotatable bonds is 3. The van der Waals surface area contributed by atoms with Gasteiger partial charge in [0.2, 0.25) is 0 Å². The lowest BCUT2D eigenvalue weighted by Crippen LogP contribution is -2.22. The van der Waals surface area contributed by atoms with Crippen LogP contribution in [0.2, 0.25) is 0 Å². The van der Waals surface area contributed by atoms with Crippen molar-refractivity contribution in [2.75, 3.05) is 12.8 Å². The number of hydrogen-bond donors (Lipinski definition) is 1. The fourth-order valence-corrected chi connectivity index (χ4v) is 1.64. The molecule has 1 unspecified atom stereocenters. The number of aromatic nitrogens is 2. The molecule has 0 fully saturated rings. The van der Waals surface area contributed by atoms with Gasteiger partial charge in [0, 0.05) is 6.20 Å². The number of esters is 1. The summed E-state index contributed by atoms with van der Waals surface area (Å²) in [7, 11) is 1.35. The summed E-state index contributed by atoms with van der Waals surface area (Å²) < 4.78 is 6.29. The molecule has 0 aliphatic rings. The number of benzene rings is 1. The molecular weight excluding hydrogens is 218 g/mol. The van der Waals surface area contributed by atoms with Gasteiger partial charge in [0.15, 0.2) is 6.04 Å². The van der Waals surface area contributed by atoms with E-state index in [0.29, 0.717) is 5.69 Å². The molecule has 0 amide bonds. The van der Waals surface area contributed by atoms with Crippen molar-refractivity contribution in [3.05, 3.63) is 48.3 Å². The highest BCUT2D eigenvalue weighted by Gasteiger charge is 2.23. The lowest BCUT2D eigenvalue weighted by molar-refractivity contribution is -0.143. The van der Waals surface area contributed by atoms with E-state index in [4.69, 9.17) is 10.5 Å². The standard InChI is InChI=1S/C12H13N3O2/c1-17-12(16)11(9-5-3-2-4-6-9)15-8-10(13)7-14-15/h2-8,11H,13H2,1H3. The molecule has 2 rings (SSSR count). The first kappa shape index (κ1) is 11.2. The monoisotopic (exact) mass is 231 g/mol. The number of hydrogen-bond acceptors (Lipinski definition) is 4. The molecule has 0 saturated heterocycles. The normalized spacial score (nSPS) is 12.1. The van der Waals surface area contributed by atoms with Crippen LogP contribution in [0.1, 0.15) is 11.6 Å². The average molecular weight is 231 g/mol. The summed E-state index contributed by atoms with van der Waals surface area (Å²) in [6, 6.07) is 8.70. The largest absolute Gasteiger partial charge is 0.467 e. The smallest absolute Gasteiger partial charge is 0.335 e. The summed E-state index contributed by atoms with van der Waals surface area (Å²) in [6.07, 6.45) is 3.10. The van der Waals surface area contributed by atoms with Crippen molar-refractivity contribution in [2.24, 2.45) is 0 Å². The van der Waals surface area contributed by atoms with Crippen LogP contribution in [0.4, 0.5) is 5.69 Å². The molecule has 0 aliphatic heterocycles. The van der Waals surface area contributed by atoms with Crippen LogP contribution >= 0.6 is 0 Å². The minimum atomic E-state index is -0.599. The Morgan fingerprint density at radius 3 is 2.65 bits per heavy atom. The van der Waals surface area contributed by atoms with Crippen LogP contribution in [-0.4, -0.2) is 22.9 Å². The first-order valence-corrected chi connectivity index (χ1v) is 5.15. The zero-order valence-corrected chi connectivity index (χ0v) is 9.41. The number of nitrogens with two attached hydrogens (primary N) is 1. The lowest BCUT2D eigenvalue weighted by atomic mass is 10.1. The Kier molecular flexibility index (Phi) is 3.09. The number of nitrogen functional groups attached to an aromatic ring is 1. The molecule has 88 valence electrons. The second-order valence-corrected chi connectivity index (χ2v) is 3.59. The minimum Gasteiger partial charge on any atom is -0.467 e. The summed E-state index contributed by atoms with van der Waals surface area (Å²) in [5.41, 5.74) is 6.92. The Hall–Kier alpha value is -2.30. The third-order valence-electron chi connectivity index (χ3n) is 2.43. The van der Waals surface area contributed by atoms with Gasteiger partial charge in [-0.25, -0.2) is 4.79 Å². The number of anilines is 1. The van der Waals surface area contributed by atoms with Crippen molar-refractivity contribution in [2.45, 2.75) is 6.04 Å². The molecule has 1 aromatic heterocycles. The average Bonchev–Trinajstić information content (AvgIpc) is 2.77. The van der Waals surface area contributed by atoms with E-state index in [1.165, 1.54) is 18.0 Å². The van der Waals surface area contributed by atoms with Crippen LogP contribution in [0.3, 0.4) is 0 Å². The second kappa shape index (κ2) is 4.69. The molecule has 0 bridgehead atoms. The van der Waals surface area contributed by atoms with Gasteiger partial charge in [0.1, 0.15) is 0 Å². The maximum Gasteiger partial charge on any atom is 0.335 e. The predicted octanol–water partition coefficient (Wildman–Crippen LogP) is 1.23. The quantitative estimate of drug-likeness (QED) is 0.806. The van der Waals surface area contributed by atoms with E-state index in [0.717, 1.165) is 5.56 Å². The predicted molar refractivity (Wildman–Crippen MR) is 63.2 cm³/mol. The van der Waals surface area contributed by atoms with Crippen LogP contribution in [0.5, 0.6) is 0 Å². The number of nitrogens with zero attached hydrogens (tertiary/aromatic N) is 2. The molecule has 0 saturated carbocycles. The third kappa shape index (κ3) is 2.28. The number of carbonyl (C=O) groups is 1. The highest BCUT2D eigenvalue weighted by molar-refractivity contribution is 5.77. The first-order chi connectivity index (χ1) is 8.22. The molecule has 0 radical (unpaired) electrons. The summed E-state index contributed by atoms with van der Waals surface area (Å²) in [5.74, 6) is -0.376. The topological polar surface area (TPSA) is 70.1 Å². The van der Waals surface area contributed by atoms with E-state index in [1.54, 1.807) is 6.20 Å². The molecule has 2 aromatic rings. The Morgan fingerprint density at radius 2 is 2.12 bits per heavy atom. The van der Waals surface area contributed by atoms with Gasteiger partial charge in [0.25, 0.3) is 0 Å². The Labute approximate surface area is 98.8 Å². The van der Waals surface area contributed by atoms with Crippen LogP contribution in [-0.2, 0) is 9.53 Å². The summed E-state index contributed by atoms with van der Waals surface area (Å²) >= 11 is 0. The molecule has 1 aromatic carbocycles. The zero-order chi connectivity index (χ0) is 12.3. The summed E-state index contributed by atoms with van der Waals surface area (Å²) in [4.78, 5) is 11.8. The first-order valence-electron chi connectivity index (χ1n) is 5.15. The molecule has 2 N–H and O–H groups in total. The second-order valence-electron chi connectivity index (χ2n) is 3.59. The number of carbonyl (C=O) groups excluding carboxylic acids is 1. The fraction of sp³-hybridized carbons (Fsp3) is 0.167. The van der Waals surface area contributed by atoms with Crippen molar-refractivity contribution < 1.29 is 9.53 Å². The summed E-state index contributed by atoms with van der Waals surface area (Å²) in [6.45, 7) is 0. The van der Waals surface area contributed by atoms with Gasteiger partial charge in [0.05, 0.1) is 19.0 Å². The van der Waals surface area contributed by atoms with Crippen LogP contribution in [0, 0.1) is 0 Å². The van der Waals surface area contributed by atoms with Gasteiger partial charge in [-0.2, -0.15) is 5.10 Å². The van der Waals surface area contributed by atoms with E-state index in [1.807, 2.05) is 30.3 Å². The minimum absolute atomic E-state index is 0.376. The van der Waals surface area contributed by atoms with Crippen LogP contribution in [0.15, 0.2) is 42.7 Å². The Bertz CT molecular complexity index is 507. The van der Waals surface area contributed by atoms with E-state index in [2.05, 4.69) is 5.10 Å². The van der Waals surface area contributed by atoms with Gasteiger partial charge >= 0.3 is 5.97 Å². The van der Waals surface area contributed by atoms with Gasteiger partial charge in [-0.3, -0.25) is 4.68 Å². The molecule has 17 heavy (non-hydrogen) atoms. The molecule has 5 nitrogen and oxygen atoms in total. The van der Waals surface area contributed by atoms with Gasteiger partial charge in [-0.1, -0.05) is 30.3 Å². The molecule has 1 atom stereocenters. The maximum atomic E-state index is 11.8. The number of methoxy groups -OCH3 is 1. The third-order valence-corrected chi connectivity index (χ3v) is 2.43. The molecule has 0 aliphatic carbocycles. The molecular formula is C12H13N3O2. The van der Waals surface area contributed by atoms with Crippen LogP contribution < -0.4 is 5.73 Å². The van der Waals surface area contributed by atoms with Gasteiger partial charge in [-0.15, -0.1) is 0 Å². The summed E-state index contributed by atoms with van der Waals surface area (Å²) in [5, 5.41) is 4.05. The maximum absolute atomic E-state index is 11.8.